The summed E-state index contributed by atoms with van der Waals surface area (Å²) in [5.74, 6) is -1.07. The maximum Gasteiger partial charge on any atom is 0.325 e. The number of amides is 1. The van der Waals surface area contributed by atoms with Crippen LogP contribution in [0.2, 0.25) is 5.02 Å². The van der Waals surface area contributed by atoms with E-state index < -0.39 is 24.0 Å². The van der Waals surface area contributed by atoms with Crippen molar-refractivity contribution >= 4 is 23.5 Å². The lowest BCUT2D eigenvalue weighted by Gasteiger charge is -2.17. The van der Waals surface area contributed by atoms with E-state index in [-0.39, 0.29) is 0 Å². The second-order valence-corrected chi connectivity index (χ2v) is 4.65. The van der Waals surface area contributed by atoms with E-state index in [0.717, 1.165) is 5.56 Å². The summed E-state index contributed by atoms with van der Waals surface area (Å²) in [5.41, 5.74) is 0.839. The third-order valence-corrected chi connectivity index (χ3v) is 2.96. The summed E-state index contributed by atoms with van der Waals surface area (Å²) in [6, 6.07) is 4.09. The minimum atomic E-state index is -1.09. The molecule has 0 aliphatic rings. The Morgan fingerprint density at radius 1 is 1.37 bits per heavy atom. The molecular formula is C13H16ClNO4. The molecule has 0 saturated heterocycles. The SMILES string of the molecule is Cc1cc(OC(C)C(=O)N[C@H](C)C(=O)O)ccc1Cl. The Kier molecular flexibility index (Phi) is 5.18. The monoisotopic (exact) mass is 285 g/mol. The van der Waals surface area contributed by atoms with Crippen molar-refractivity contribution in [2.24, 2.45) is 0 Å². The van der Waals surface area contributed by atoms with Gasteiger partial charge in [0.2, 0.25) is 0 Å². The van der Waals surface area contributed by atoms with Crippen molar-refractivity contribution in [2.45, 2.75) is 32.9 Å². The van der Waals surface area contributed by atoms with Crippen LogP contribution in [0.25, 0.3) is 0 Å². The molecule has 2 atom stereocenters. The topological polar surface area (TPSA) is 75.6 Å². The molecule has 0 heterocycles. The summed E-state index contributed by atoms with van der Waals surface area (Å²) < 4.78 is 5.43. The van der Waals surface area contributed by atoms with Crippen molar-refractivity contribution in [1.29, 1.82) is 0 Å². The molecule has 0 aromatic heterocycles. The van der Waals surface area contributed by atoms with Crippen LogP contribution in [0.5, 0.6) is 5.75 Å². The molecule has 0 radical (unpaired) electrons. The van der Waals surface area contributed by atoms with Gasteiger partial charge in [-0.1, -0.05) is 11.6 Å². The lowest BCUT2D eigenvalue weighted by Crippen LogP contribution is -2.44. The largest absolute Gasteiger partial charge is 0.481 e. The lowest BCUT2D eigenvalue weighted by molar-refractivity contribution is -0.142. The van der Waals surface area contributed by atoms with E-state index in [1.54, 1.807) is 25.1 Å². The number of rotatable bonds is 5. The molecule has 0 fully saturated rings. The van der Waals surface area contributed by atoms with Gasteiger partial charge >= 0.3 is 5.97 Å². The van der Waals surface area contributed by atoms with Crippen LogP contribution in [0, 0.1) is 6.92 Å². The predicted octanol–water partition coefficient (Wildman–Crippen LogP) is 2.01. The van der Waals surface area contributed by atoms with Gasteiger partial charge in [-0.2, -0.15) is 0 Å². The maximum absolute atomic E-state index is 11.7. The van der Waals surface area contributed by atoms with Crippen molar-refractivity contribution in [3.8, 4) is 5.75 Å². The van der Waals surface area contributed by atoms with Gasteiger partial charge in [0.05, 0.1) is 0 Å². The second kappa shape index (κ2) is 6.43. The van der Waals surface area contributed by atoms with Crippen LogP contribution in [0.4, 0.5) is 0 Å². The fourth-order valence-corrected chi connectivity index (χ4v) is 1.46. The van der Waals surface area contributed by atoms with Gasteiger partial charge in [-0.15, -0.1) is 0 Å². The number of carbonyl (C=O) groups excluding carboxylic acids is 1. The highest BCUT2D eigenvalue weighted by atomic mass is 35.5. The molecule has 1 unspecified atom stereocenters. The number of benzene rings is 1. The van der Waals surface area contributed by atoms with E-state index >= 15 is 0 Å². The Hall–Kier alpha value is -1.75. The van der Waals surface area contributed by atoms with Crippen LogP contribution in [-0.2, 0) is 9.59 Å². The van der Waals surface area contributed by atoms with Crippen molar-refractivity contribution < 1.29 is 19.4 Å². The van der Waals surface area contributed by atoms with Crippen molar-refractivity contribution in [1.82, 2.24) is 5.32 Å². The molecular weight excluding hydrogens is 270 g/mol. The highest BCUT2D eigenvalue weighted by Crippen LogP contribution is 2.21. The number of hydrogen-bond acceptors (Lipinski definition) is 3. The first kappa shape index (κ1) is 15.3. The first-order valence-electron chi connectivity index (χ1n) is 5.77. The Morgan fingerprint density at radius 3 is 2.53 bits per heavy atom. The van der Waals surface area contributed by atoms with Gasteiger partial charge in [-0.3, -0.25) is 9.59 Å². The molecule has 0 spiro atoms. The number of aliphatic carboxylic acids is 1. The zero-order valence-electron chi connectivity index (χ0n) is 10.9. The third-order valence-electron chi connectivity index (χ3n) is 2.54. The second-order valence-electron chi connectivity index (χ2n) is 4.24. The average Bonchev–Trinajstić information content (AvgIpc) is 2.33. The summed E-state index contributed by atoms with van der Waals surface area (Å²) in [7, 11) is 0. The summed E-state index contributed by atoms with van der Waals surface area (Å²) in [5, 5.41) is 11.6. The van der Waals surface area contributed by atoms with Crippen LogP contribution < -0.4 is 10.1 Å². The number of carboxylic acid groups (broad SMARTS) is 1. The smallest absolute Gasteiger partial charge is 0.325 e. The summed E-state index contributed by atoms with van der Waals surface area (Å²) in [4.78, 5) is 22.3. The Bertz CT molecular complexity index is 490. The number of carboxylic acids is 1. The van der Waals surface area contributed by atoms with E-state index in [0.29, 0.717) is 10.8 Å². The molecule has 104 valence electrons. The normalized spacial score (nSPS) is 13.5. The van der Waals surface area contributed by atoms with E-state index in [2.05, 4.69) is 5.32 Å². The number of ether oxygens (including phenoxy) is 1. The van der Waals surface area contributed by atoms with Crippen molar-refractivity contribution in [3.63, 3.8) is 0 Å². The maximum atomic E-state index is 11.7. The fraction of sp³-hybridized carbons (Fsp3) is 0.385. The van der Waals surface area contributed by atoms with Crippen LogP contribution in [0.3, 0.4) is 0 Å². The van der Waals surface area contributed by atoms with Crippen molar-refractivity contribution in [3.05, 3.63) is 28.8 Å². The standard InChI is InChI=1S/C13H16ClNO4/c1-7-6-10(4-5-11(7)14)19-9(3)12(16)15-8(2)13(17)18/h4-6,8-9H,1-3H3,(H,15,16)(H,17,18)/t8-,9?/m1/s1. The first-order valence-corrected chi connectivity index (χ1v) is 6.15. The van der Waals surface area contributed by atoms with Crippen LogP contribution in [0.1, 0.15) is 19.4 Å². The van der Waals surface area contributed by atoms with E-state index in [1.807, 2.05) is 6.92 Å². The zero-order valence-corrected chi connectivity index (χ0v) is 11.7. The number of halogens is 1. The Morgan fingerprint density at radius 2 is 2.00 bits per heavy atom. The van der Waals surface area contributed by atoms with Crippen LogP contribution in [0.15, 0.2) is 18.2 Å². The number of hydrogen-bond donors (Lipinski definition) is 2. The van der Waals surface area contributed by atoms with Gasteiger partial charge in [0.1, 0.15) is 11.8 Å². The number of nitrogens with one attached hydrogen (secondary N) is 1. The Labute approximate surface area is 116 Å². The number of carbonyl (C=O) groups is 2. The average molecular weight is 286 g/mol. The lowest BCUT2D eigenvalue weighted by atomic mass is 10.2. The van der Waals surface area contributed by atoms with Gasteiger partial charge in [-0.25, -0.2) is 0 Å². The molecule has 0 aliphatic heterocycles. The molecule has 0 bridgehead atoms. The van der Waals surface area contributed by atoms with E-state index in [9.17, 15) is 9.59 Å². The molecule has 1 aromatic rings. The zero-order chi connectivity index (χ0) is 14.6. The van der Waals surface area contributed by atoms with E-state index in [4.69, 9.17) is 21.4 Å². The van der Waals surface area contributed by atoms with Gasteiger partial charge in [0.15, 0.2) is 6.10 Å². The Balaban J connectivity index is 2.63. The molecule has 2 N–H and O–H groups in total. The quantitative estimate of drug-likeness (QED) is 0.868. The van der Waals surface area contributed by atoms with Crippen LogP contribution >= 0.6 is 11.6 Å². The minimum Gasteiger partial charge on any atom is -0.481 e. The molecule has 6 heteroatoms. The molecule has 5 nitrogen and oxygen atoms in total. The molecule has 0 aliphatic carbocycles. The highest BCUT2D eigenvalue weighted by molar-refractivity contribution is 6.31. The van der Waals surface area contributed by atoms with Crippen LogP contribution in [-0.4, -0.2) is 29.1 Å². The van der Waals surface area contributed by atoms with Gasteiger partial charge < -0.3 is 15.2 Å². The first-order chi connectivity index (χ1) is 8.81. The number of aryl methyl sites for hydroxylation is 1. The molecule has 1 aromatic carbocycles. The molecule has 1 amide bonds. The summed E-state index contributed by atoms with van der Waals surface area (Å²) >= 11 is 5.88. The summed E-state index contributed by atoms with van der Waals surface area (Å²) in [6.07, 6.45) is -0.789. The van der Waals surface area contributed by atoms with Gasteiger partial charge in [0.25, 0.3) is 5.91 Å². The third kappa shape index (κ3) is 4.44. The summed E-state index contributed by atoms with van der Waals surface area (Å²) in [6.45, 7) is 4.76. The van der Waals surface area contributed by atoms with Gasteiger partial charge in [-0.05, 0) is 44.5 Å². The highest BCUT2D eigenvalue weighted by Gasteiger charge is 2.20. The van der Waals surface area contributed by atoms with E-state index in [1.165, 1.54) is 6.92 Å². The van der Waals surface area contributed by atoms with Crippen molar-refractivity contribution in [2.75, 3.05) is 0 Å². The molecule has 1 rings (SSSR count). The van der Waals surface area contributed by atoms with Gasteiger partial charge in [0, 0.05) is 5.02 Å². The minimum absolute atomic E-state index is 0.484. The predicted molar refractivity (Wildman–Crippen MR) is 71.5 cm³/mol. The molecule has 19 heavy (non-hydrogen) atoms. The fourth-order valence-electron chi connectivity index (χ4n) is 1.34. The molecule has 0 saturated carbocycles.